The number of nitrogens with one attached hydrogen (secondary N) is 1. The molecule has 0 saturated heterocycles. The summed E-state index contributed by atoms with van der Waals surface area (Å²) < 4.78 is 0. The Labute approximate surface area is 201 Å². The minimum Gasteiger partial charge on any atom is -0.293 e. The number of hydrogen-bond donors (Lipinski definition) is 1. The van der Waals surface area contributed by atoms with Crippen molar-refractivity contribution < 1.29 is 21.9 Å². The molecule has 0 spiro atoms. The Bertz CT molecular complexity index is 660. The van der Waals surface area contributed by atoms with E-state index in [0.29, 0.717) is 0 Å². The fraction of sp³-hybridized carbons (Fsp3) is 0.214. The Morgan fingerprint density at radius 3 is 1.84 bits per heavy atom. The van der Waals surface area contributed by atoms with Gasteiger partial charge in [0.1, 0.15) is 6.10 Å². The van der Waals surface area contributed by atoms with Gasteiger partial charge >= 0.3 is 17.1 Å². The van der Waals surface area contributed by atoms with Gasteiger partial charge in [0.25, 0.3) is 0 Å². The van der Waals surface area contributed by atoms with Crippen molar-refractivity contribution in [2.75, 3.05) is 0 Å². The van der Waals surface area contributed by atoms with E-state index in [1.54, 1.807) is 0 Å². The third-order valence-electron chi connectivity index (χ3n) is 5.00. The number of hydrogen-bond acceptors (Lipinski definition) is 2. The Balaban J connectivity index is 0.000000501. The van der Waals surface area contributed by atoms with E-state index in [4.69, 9.17) is 4.84 Å². The summed E-state index contributed by atoms with van der Waals surface area (Å²) in [6.45, 7) is 2.19. The molecule has 0 aromatic heterocycles. The molecule has 0 amide bonds. The largest absolute Gasteiger partial charge is 2.00 e. The molecule has 0 aliphatic heterocycles. The van der Waals surface area contributed by atoms with E-state index < -0.39 is 0 Å². The van der Waals surface area contributed by atoms with Crippen LogP contribution in [0.4, 0.5) is 0 Å². The standard InChI is InChI=1S/C23H26NO.C5H5.Fe/c1-2-11-23(21-16-7-4-8-17-21)25-24-22(20-14-9-10-15-20)18-19-12-5-3-6-13-19;1-2-4-5-3-1;/h3-10,12-17,22-24H,2,11,18H2,1H3;1-5H;/q;;+2/t22-,23-;;/m1../s1. The first kappa shape index (κ1) is 26.1. The average Bonchev–Trinajstić information content (AvgIpc) is 3.54. The molecule has 10 radical (unpaired) electrons. The van der Waals surface area contributed by atoms with Crippen LogP contribution in [0.15, 0.2) is 60.7 Å². The van der Waals surface area contributed by atoms with Gasteiger partial charge < -0.3 is 0 Å². The zero-order valence-corrected chi connectivity index (χ0v) is 19.1. The van der Waals surface area contributed by atoms with Crippen LogP contribution in [0.1, 0.15) is 37.0 Å². The zero-order valence-electron chi connectivity index (χ0n) is 18.0. The Morgan fingerprint density at radius 1 is 0.742 bits per heavy atom. The molecule has 3 heteroatoms. The number of rotatable bonds is 9. The fourth-order valence-corrected chi connectivity index (χ4v) is 3.41. The smallest absolute Gasteiger partial charge is 0.293 e. The van der Waals surface area contributed by atoms with E-state index in [9.17, 15) is 0 Å². The van der Waals surface area contributed by atoms with Gasteiger partial charge in [0.15, 0.2) is 0 Å². The van der Waals surface area contributed by atoms with Crippen LogP contribution in [0.5, 0.6) is 0 Å². The Morgan fingerprint density at radius 2 is 1.29 bits per heavy atom. The van der Waals surface area contributed by atoms with Crippen molar-refractivity contribution in [1.82, 2.24) is 5.48 Å². The van der Waals surface area contributed by atoms with Crippen LogP contribution in [0.3, 0.4) is 0 Å². The molecule has 0 bridgehead atoms. The van der Waals surface area contributed by atoms with Gasteiger partial charge in [-0.2, -0.15) is 5.48 Å². The molecule has 160 valence electrons. The molecular formula is C28H31FeNO+2. The monoisotopic (exact) mass is 453 g/mol. The summed E-state index contributed by atoms with van der Waals surface area (Å²) >= 11 is 0. The summed E-state index contributed by atoms with van der Waals surface area (Å²) in [6.07, 6.45) is 21.5. The molecule has 2 aliphatic carbocycles. The van der Waals surface area contributed by atoms with Crippen LogP contribution in [-0.4, -0.2) is 6.04 Å². The van der Waals surface area contributed by atoms with Crippen LogP contribution in [0, 0.1) is 63.7 Å². The predicted molar refractivity (Wildman–Crippen MR) is 124 cm³/mol. The second-order valence-electron chi connectivity index (χ2n) is 7.35. The Hall–Kier alpha value is -1.12. The summed E-state index contributed by atoms with van der Waals surface area (Å²) in [5.74, 6) is 1.26. The molecule has 2 atom stereocenters. The molecule has 2 aromatic carbocycles. The molecule has 2 aliphatic rings. The van der Waals surface area contributed by atoms with E-state index >= 15 is 0 Å². The minimum atomic E-state index is 0. The predicted octanol–water partition coefficient (Wildman–Crippen LogP) is 6.08. The first-order valence-corrected chi connectivity index (χ1v) is 10.7. The minimum absolute atomic E-state index is 0. The second kappa shape index (κ2) is 15.6. The molecule has 0 heterocycles. The molecule has 31 heavy (non-hydrogen) atoms. The second-order valence-corrected chi connectivity index (χ2v) is 7.35. The maximum absolute atomic E-state index is 6.18. The normalized spacial score (nSPS) is 18.0. The molecule has 4 rings (SSSR count). The SMILES string of the molecule is CCC[C@@H](ON[C@H](Cc1ccccc1)[C]1[CH][CH][CH][CH]1)c1ccccc1.[CH]1[CH][CH][CH][CH]1.[Fe+2]. The molecule has 0 unspecified atom stereocenters. The maximum Gasteiger partial charge on any atom is 2.00 e. The van der Waals surface area contributed by atoms with Gasteiger partial charge in [-0.3, -0.25) is 4.84 Å². The van der Waals surface area contributed by atoms with Crippen molar-refractivity contribution >= 4 is 0 Å². The summed E-state index contributed by atoms with van der Waals surface area (Å²) in [4.78, 5) is 6.18. The molecule has 2 aromatic rings. The molecule has 2 nitrogen and oxygen atoms in total. The van der Waals surface area contributed by atoms with Crippen molar-refractivity contribution in [3.8, 4) is 0 Å². The van der Waals surface area contributed by atoms with Crippen molar-refractivity contribution in [2.45, 2.75) is 38.3 Å². The van der Waals surface area contributed by atoms with Gasteiger partial charge in [0.05, 0.1) is 0 Å². The summed E-state index contributed by atoms with van der Waals surface area (Å²) in [6, 6.07) is 21.1. The molecular weight excluding hydrogens is 422 g/mol. The van der Waals surface area contributed by atoms with Crippen LogP contribution >= 0.6 is 0 Å². The van der Waals surface area contributed by atoms with Crippen molar-refractivity contribution in [3.05, 3.63) is 135 Å². The van der Waals surface area contributed by atoms with E-state index in [0.717, 1.165) is 19.3 Å². The van der Waals surface area contributed by atoms with E-state index in [-0.39, 0.29) is 29.2 Å². The van der Waals surface area contributed by atoms with Crippen LogP contribution in [0.2, 0.25) is 0 Å². The van der Waals surface area contributed by atoms with Crippen molar-refractivity contribution in [1.29, 1.82) is 0 Å². The van der Waals surface area contributed by atoms with Crippen molar-refractivity contribution in [2.24, 2.45) is 0 Å². The number of benzene rings is 2. The van der Waals surface area contributed by atoms with Gasteiger partial charge in [-0.15, -0.1) is 0 Å². The van der Waals surface area contributed by atoms with Gasteiger partial charge in [0, 0.05) is 12.0 Å². The quantitative estimate of drug-likeness (QED) is 0.367. The van der Waals surface area contributed by atoms with E-state index in [1.165, 1.54) is 17.0 Å². The topological polar surface area (TPSA) is 21.3 Å². The Kier molecular flexibility index (Phi) is 13.2. The summed E-state index contributed by atoms with van der Waals surface area (Å²) in [5.41, 5.74) is 5.88. The third kappa shape index (κ3) is 9.49. The van der Waals surface area contributed by atoms with E-state index in [1.807, 2.05) is 38.2 Å². The van der Waals surface area contributed by atoms with E-state index in [2.05, 4.69) is 92.7 Å². The summed E-state index contributed by atoms with van der Waals surface area (Å²) in [7, 11) is 0. The van der Waals surface area contributed by atoms with Crippen LogP contribution in [0.25, 0.3) is 0 Å². The average molecular weight is 453 g/mol. The number of hydroxylamine groups is 1. The maximum atomic E-state index is 6.18. The van der Waals surface area contributed by atoms with Gasteiger partial charge in [-0.05, 0) is 81.8 Å². The van der Waals surface area contributed by atoms with Gasteiger partial charge in [-0.25, -0.2) is 0 Å². The molecule has 2 saturated carbocycles. The molecule has 2 fully saturated rings. The first-order chi connectivity index (χ1) is 14.9. The first-order valence-electron chi connectivity index (χ1n) is 10.7. The van der Waals surface area contributed by atoms with Gasteiger partial charge in [0.2, 0.25) is 0 Å². The van der Waals surface area contributed by atoms with Gasteiger partial charge in [-0.1, -0.05) is 74.0 Å². The molecule has 1 N–H and O–H groups in total. The summed E-state index contributed by atoms with van der Waals surface area (Å²) in [5, 5.41) is 0. The van der Waals surface area contributed by atoms with Crippen LogP contribution in [-0.2, 0) is 28.3 Å². The van der Waals surface area contributed by atoms with Crippen LogP contribution < -0.4 is 5.48 Å². The fourth-order valence-electron chi connectivity index (χ4n) is 3.41. The van der Waals surface area contributed by atoms with Crippen molar-refractivity contribution in [3.63, 3.8) is 0 Å². The third-order valence-corrected chi connectivity index (χ3v) is 5.00. The zero-order chi connectivity index (χ0) is 20.9.